The average molecular weight is 141 g/mol. The van der Waals surface area contributed by atoms with Crippen LogP contribution >= 0.6 is 0 Å². The second-order valence-electron chi connectivity index (χ2n) is 2.64. The zero-order chi connectivity index (χ0) is 7.82. The van der Waals surface area contributed by atoms with Crippen molar-refractivity contribution < 1.29 is 0 Å². The van der Waals surface area contributed by atoms with Gasteiger partial charge in [0.1, 0.15) is 0 Å². The van der Waals surface area contributed by atoms with E-state index < -0.39 is 0 Å². The van der Waals surface area contributed by atoms with Gasteiger partial charge in [-0.2, -0.15) is 0 Å². The van der Waals surface area contributed by atoms with Crippen LogP contribution in [0.25, 0.3) is 0 Å². The van der Waals surface area contributed by atoms with Crippen molar-refractivity contribution in [3.63, 3.8) is 0 Å². The normalized spacial score (nSPS) is 13.0. The third-order valence-corrected chi connectivity index (χ3v) is 1.76. The van der Waals surface area contributed by atoms with Gasteiger partial charge >= 0.3 is 0 Å². The lowest BCUT2D eigenvalue weighted by Gasteiger charge is -2.12. The highest BCUT2D eigenvalue weighted by molar-refractivity contribution is 4.72. The van der Waals surface area contributed by atoms with E-state index in [1.807, 2.05) is 13.1 Å². The Bertz CT molecular complexity index is 78.8. The second kappa shape index (κ2) is 6.81. The summed E-state index contributed by atoms with van der Waals surface area (Å²) in [4.78, 5) is 0. The van der Waals surface area contributed by atoms with Crippen molar-refractivity contribution in [1.29, 1.82) is 0 Å². The molecule has 1 atom stereocenters. The molecule has 0 saturated carbocycles. The molecule has 0 saturated heterocycles. The molecule has 1 heteroatoms. The van der Waals surface area contributed by atoms with Crippen molar-refractivity contribution in [2.75, 3.05) is 7.05 Å². The molecule has 1 unspecified atom stereocenters. The SMILES string of the molecule is C=CCCC(CCC)NC. The zero-order valence-corrected chi connectivity index (χ0v) is 7.19. The van der Waals surface area contributed by atoms with Gasteiger partial charge in [0.05, 0.1) is 0 Å². The van der Waals surface area contributed by atoms with Gasteiger partial charge in [-0.25, -0.2) is 0 Å². The van der Waals surface area contributed by atoms with Crippen molar-refractivity contribution in [2.45, 2.75) is 38.6 Å². The molecule has 1 N–H and O–H groups in total. The van der Waals surface area contributed by atoms with E-state index in [1.165, 1.54) is 19.3 Å². The smallest absolute Gasteiger partial charge is 0.00669 e. The first-order chi connectivity index (χ1) is 4.85. The van der Waals surface area contributed by atoms with Crippen LogP contribution in [0.3, 0.4) is 0 Å². The van der Waals surface area contributed by atoms with Gasteiger partial charge in [0, 0.05) is 6.04 Å². The summed E-state index contributed by atoms with van der Waals surface area (Å²) in [5, 5.41) is 3.29. The molecule has 0 aromatic heterocycles. The largest absolute Gasteiger partial charge is 0.317 e. The van der Waals surface area contributed by atoms with Crippen molar-refractivity contribution in [2.24, 2.45) is 0 Å². The molecule has 0 heterocycles. The molecule has 0 aromatic carbocycles. The second-order valence-corrected chi connectivity index (χ2v) is 2.64. The first kappa shape index (κ1) is 9.70. The predicted molar refractivity (Wildman–Crippen MR) is 47.2 cm³/mol. The summed E-state index contributed by atoms with van der Waals surface area (Å²) in [5.41, 5.74) is 0. The Labute approximate surface area is 64.5 Å². The fourth-order valence-corrected chi connectivity index (χ4v) is 1.10. The molecule has 0 aromatic rings. The molecular weight excluding hydrogens is 122 g/mol. The summed E-state index contributed by atoms with van der Waals surface area (Å²) in [6.07, 6.45) is 6.90. The summed E-state index contributed by atoms with van der Waals surface area (Å²) in [6, 6.07) is 0.697. The number of hydrogen-bond donors (Lipinski definition) is 1. The van der Waals surface area contributed by atoms with Gasteiger partial charge in [-0.05, 0) is 26.3 Å². The van der Waals surface area contributed by atoms with Crippen LogP contribution in [0.15, 0.2) is 12.7 Å². The van der Waals surface area contributed by atoms with E-state index in [2.05, 4.69) is 18.8 Å². The maximum atomic E-state index is 3.70. The van der Waals surface area contributed by atoms with Gasteiger partial charge < -0.3 is 5.32 Å². The lowest BCUT2D eigenvalue weighted by atomic mass is 10.1. The lowest BCUT2D eigenvalue weighted by Crippen LogP contribution is -2.24. The molecule has 0 fully saturated rings. The van der Waals surface area contributed by atoms with Crippen molar-refractivity contribution >= 4 is 0 Å². The first-order valence-corrected chi connectivity index (χ1v) is 4.13. The third-order valence-electron chi connectivity index (χ3n) is 1.76. The van der Waals surface area contributed by atoms with E-state index in [0.717, 1.165) is 6.42 Å². The molecule has 0 radical (unpaired) electrons. The Hall–Kier alpha value is -0.300. The number of nitrogens with one attached hydrogen (secondary N) is 1. The molecule has 0 rings (SSSR count). The van der Waals surface area contributed by atoms with Crippen molar-refractivity contribution in [3.8, 4) is 0 Å². The minimum absolute atomic E-state index is 0.697. The minimum atomic E-state index is 0.697. The molecule has 0 bridgehead atoms. The summed E-state index contributed by atoms with van der Waals surface area (Å²) in [5.74, 6) is 0. The fourth-order valence-electron chi connectivity index (χ4n) is 1.10. The number of hydrogen-bond acceptors (Lipinski definition) is 1. The van der Waals surface area contributed by atoms with Crippen LogP contribution in [-0.2, 0) is 0 Å². The average Bonchev–Trinajstić information content (AvgIpc) is 1.98. The fraction of sp³-hybridized carbons (Fsp3) is 0.778. The molecule has 0 aliphatic carbocycles. The van der Waals surface area contributed by atoms with Crippen molar-refractivity contribution in [1.82, 2.24) is 5.32 Å². The summed E-state index contributed by atoms with van der Waals surface area (Å²) >= 11 is 0. The van der Waals surface area contributed by atoms with E-state index in [4.69, 9.17) is 0 Å². The first-order valence-electron chi connectivity index (χ1n) is 4.13. The van der Waals surface area contributed by atoms with Gasteiger partial charge in [-0.3, -0.25) is 0 Å². The zero-order valence-electron chi connectivity index (χ0n) is 7.19. The number of rotatable bonds is 6. The van der Waals surface area contributed by atoms with Crippen LogP contribution in [0, 0.1) is 0 Å². The van der Waals surface area contributed by atoms with E-state index in [-0.39, 0.29) is 0 Å². The Morgan fingerprint density at radius 2 is 2.20 bits per heavy atom. The molecule has 60 valence electrons. The van der Waals surface area contributed by atoms with Crippen LogP contribution in [0.4, 0.5) is 0 Å². The number of allylic oxidation sites excluding steroid dienone is 1. The molecule has 1 nitrogen and oxygen atoms in total. The maximum absolute atomic E-state index is 3.70. The predicted octanol–water partition coefficient (Wildman–Crippen LogP) is 2.34. The van der Waals surface area contributed by atoms with E-state index >= 15 is 0 Å². The highest BCUT2D eigenvalue weighted by atomic mass is 14.9. The van der Waals surface area contributed by atoms with Crippen molar-refractivity contribution in [3.05, 3.63) is 12.7 Å². The Morgan fingerprint density at radius 3 is 2.60 bits per heavy atom. The standard InChI is InChI=1S/C9H19N/c1-4-6-8-9(10-3)7-5-2/h4,9-10H,1,5-8H2,2-3H3. The highest BCUT2D eigenvalue weighted by Crippen LogP contribution is 2.03. The van der Waals surface area contributed by atoms with Crippen LogP contribution in [0.5, 0.6) is 0 Å². The van der Waals surface area contributed by atoms with Crippen LogP contribution in [-0.4, -0.2) is 13.1 Å². The summed E-state index contributed by atoms with van der Waals surface area (Å²) in [6.45, 7) is 5.92. The van der Waals surface area contributed by atoms with E-state index in [1.54, 1.807) is 0 Å². The molecule has 0 aliphatic heterocycles. The minimum Gasteiger partial charge on any atom is -0.317 e. The molecular formula is C9H19N. The Kier molecular flexibility index (Phi) is 6.61. The van der Waals surface area contributed by atoms with Gasteiger partial charge in [0.2, 0.25) is 0 Å². The van der Waals surface area contributed by atoms with Crippen LogP contribution in [0.1, 0.15) is 32.6 Å². The monoisotopic (exact) mass is 141 g/mol. The molecule has 0 spiro atoms. The third kappa shape index (κ3) is 4.57. The van der Waals surface area contributed by atoms with E-state index in [0.29, 0.717) is 6.04 Å². The van der Waals surface area contributed by atoms with Crippen LogP contribution < -0.4 is 5.32 Å². The Balaban J connectivity index is 3.29. The van der Waals surface area contributed by atoms with E-state index in [9.17, 15) is 0 Å². The highest BCUT2D eigenvalue weighted by Gasteiger charge is 2.01. The quantitative estimate of drug-likeness (QED) is 0.560. The topological polar surface area (TPSA) is 12.0 Å². The molecule has 0 amide bonds. The maximum Gasteiger partial charge on any atom is 0.00669 e. The van der Waals surface area contributed by atoms with Gasteiger partial charge in [-0.1, -0.05) is 19.4 Å². The lowest BCUT2D eigenvalue weighted by molar-refractivity contribution is 0.487. The van der Waals surface area contributed by atoms with Gasteiger partial charge in [0.15, 0.2) is 0 Å². The Morgan fingerprint density at radius 1 is 1.50 bits per heavy atom. The molecule has 10 heavy (non-hydrogen) atoms. The van der Waals surface area contributed by atoms with Gasteiger partial charge in [0.25, 0.3) is 0 Å². The van der Waals surface area contributed by atoms with Crippen LogP contribution in [0.2, 0.25) is 0 Å². The summed E-state index contributed by atoms with van der Waals surface area (Å²) in [7, 11) is 2.03. The molecule has 0 aliphatic rings. The summed E-state index contributed by atoms with van der Waals surface area (Å²) < 4.78 is 0. The van der Waals surface area contributed by atoms with Gasteiger partial charge in [-0.15, -0.1) is 6.58 Å².